The minimum Gasteiger partial charge on any atom is -0.453 e. The minimum atomic E-state index is -0.248. The molecule has 1 amide bonds. The van der Waals surface area contributed by atoms with Gasteiger partial charge in [-0.05, 0) is 25.4 Å². The minimum absolute atomic E-state index is 0.248. The monoisotopic (exact) mass is 172 g/mol. The van der Waals surface area contributed by atoms with Gasteiger partial charge in [0.2, 0.25) is 0 Å². The maximum Gasteiger partial charge on any atom is 0.409 e. The van der Waals surface area contributed by atoms with Gasteiger partial charge in [0.1, 0.15) is 0 Å². The molecule has 1 atom stereocenters. The number of hydrogen-bond donors (Lipinski definition) is 1. The smallest absolute Gasteiger partial charge is 0.409 e. The van der Waals surface area contributed by atoms with Crippen molar-refractivity contribution in [3.63, 3.8) is 0 Å². The lowest BCUT2D eigenvalue weighted by atomic mass is 10.1. The van der Waals surface area contributed by atoms with Gasteiger partial charge < -0.3 is 15.0 Å². The van der Waals surface area contributed by atoms with Crippen molar-refractivity contribution in [2.24, 2.45) is 5.92 Å². The SMILES string of the molecule is COC(=O)N(C)CC1CCNC1. The number of rotatable bonds is 2. The highest BCUT2D eigenvalue weighted by molar-refractivity contribution is 5.66. The van der Waals surface area contributed by atoms with Gasteiger partial charge in [-0.25, -0.2) is 4.79 Å². The number of methoxy groups -OCH3 is 1. The van der Waals surface area contributed by atoms with E-state index in [2.05, 4.69) is 10.1 Å². The second-order valence-electron chi connectivity index (χ2n) is 3.21. The Bertz CT molecular complexity index is 155. The molecule has 4 nitrogen and oxygen atoms in total. The normalized spacial score (nSPS) is 22.3. The van der Waals surface area contributed by atoms with Crippen LogP contribution in [0, 0.1) is 5.92 Å². The first-order chi connectivity index (χ1) is 5.74. The maximum atomic E-state index is 11.0. The standard InChI is InChI=1S/C8H16N2O2/c1-10(8(11)12-2)6-7-3-4-9-5-7/h7,9H,3-6H2,1-2H3. The number of nitrogens with zero attached hydrogens (tertiary/aromatic N) is 1. The van der Waals surface area contributed by atoms with E-state index in [1.165, 1.54) is 7.11 Å². The van der Waals surface area contributed by atoms with Gasteiger partial charge in [0.25, 0.3) is 0 Å². The van der Waals surface area contributed by atoms with E-state index >= 15 is 0 Å². The van der Waals surface area contributed by atoms with Crippen LogP contribution in [-0.4, -0.2) is 44.8 Å². The number of nitrogens with one attached hydrogen (secondary N) is 1. The zero-order valence-corrected chi connectivity index (χ0v) is 7.67. The van der Waals surface area contributed by atoms with Crippen molar-refractivity contribution in [1.82, 2.24) is 10.2 Å². The molecular formula is C8H16N2O2. The summed E-state index contributed by atoms with van der Waals surface area (Å²) in [5.74, 6) is 0.592. The molecule has 0 bridgehead atoms. The van der Waals surface area contributed by atoms with Crippen LogP contribution in [0.15, 0.2) is 0 Å². The zero-order chi connectivity index (χ0) is 8.97. The topological polar surface area (TPSA) is 41.6 Å². The Kier molecular flexibility index (Phi) is 3.34. The fraction of sp³-hybridized carbons (Fsp3) is 0.875. The molecule has 12 heavy (non-hydrogen) atoms. The Morgan fingerprint density at radius 2 is 2.50 bits per heavy atom. The summed E-state index contributed by atoms with van der Waals surface area (Å²) in [6, 6.07) is 0. The Labute approximate surface area is 72.9 Å². The van der Waals surface area contributed by atoms with Gasteiger partial charge in [-0.2, -0.15) is 0 Å². The molecular weight excluding hydrogens is 156 g/mol. The molecule has 1 aliphatic heterocycles. The van der Waals surface area contributed by atoms with Crippen LogP contribution in [0.5, 0.6) is 0 Å². The van der Waals surface area contributed by atoms with Crippen molar-refractivity contribution in [2.45, 2.75) is 6.42 Å². The van der Waals surface area contributed by atoms with Crippen molar-refractivity contribution < 1.29 is 9.53 Å². The molecule has 0 radical (unpaired) electrons. The fourth-order valence-electron chi connectivity index (χ4n) is 1.49. The first-order valence-corrected chi connectivity index (χ1v) is 4.24. The highest BCUT2D eigenvalue weighted by atomic mass is 16.5. The molecule has 0 spiro atoms. The summed E-state index contributed by atoms with van der Waals surface area (Å²) < 4.78 is 4.59. The summed E-state index contributed by atoms with van der Waals surface area (Å²) in [6.07, 6.45) is 0.906. The average molecular weight is 172 g/mol. The Hall–Kier alpha value is -0.770. The first-order valence-electron chi connectivity index (χ1n) is 4.24. The number of ether oxygens (including phenoxy) is 1. The van der Waals surface area contributed by atoms with E-state index in [4.69, 9.17) is 0 Å². The lowest BCUT2D eigenvalue weighted by molar-refractivity contribution is 0.128. The molecule has 1 unspecified atom stereocenters. The van der Waals surface area contributed by atoms with Crippen LogP contribution in [-0.2, 0) is 4.74 Å². The van der Waals surface area contributed by atoms with Crippen LogP contribution >= 0.6 is 0 Å². The highest BCUT2D eigenvalue weighted by Crippen LogP contribution is 2.08. The number of carbonyl (C=O) groups is 1. The van der Waals surface area contributed by atoms with Gasteiger partial charge in [-0.1, -0.05) is 0 Å². The van der Waals surface area contributed by atoms with Gasteiger partial charge in [0.15, 0.2) is 0 Å². The van der Waals surface area contributed by atoms with E-state index < -0.39 is 0 Å². The summed E-state index contributed by atoms with van der Waals surface area (Å²) >= 11 is 0. The first kappa shape index (κ1) is 9.32. The molecule has 0 aromatic carbocycles. The molecule has 0 saturated carbocycles. The predicted molar refractivity (Wildman–Crippen MR) is 46.0 cm³/mol. The predicted octanol–water partition coefficient (Wildman–Crippen LogP) is 0.294. The molecule has 1 saturated heterocycles. The summed E-state index contributed by atoms with van der Waals surface area (Å²) in [5, 5.41) is 3.26. The quantitative estimate of drug-likeness (QED) is 0.651. The summed E-state index contributed by atoms with van der Waals surface area (Å²) in [4.78, 5) is 12.6. The Balaban J connectivity index is 2.24. The third-order valence-electron chi connectivity index (χ3n) is 2.18. The van der Waals surface area contributed by atoms with E-state index in [1.54, 1.807) is 11.9 Å². The van der Waals surface area contributed by atoms with Crippen molar-refractivity contribution in [1.29, 1.82) is 0 Å². The highest BCUT2D eigenvalue weighted by Gasteiger charge is 2.18. The van der Waals surface area contributed by atoms with Crippen LogP contribution < -0.4 is 5.32 Å². The lowest BCUT2D eigenvalue weighted by Crippen LogP contribution is -2.32. The third-order valence-corrected chi connectivity index (χ3v) is 2.18. The summed E-state index contributed by atoms with van der Waals surface area (Å²) in [7, 11) is 3.18. The molecule has 70 valence electrons. The van der Waals surface area contributed by atoms with Gasteiger partial charge in [0.05, 0.1) is 7.11 Å². The van der Waals surface area contributed by atoms with Crippen molar-refractivity contribution >= 4 is 6.09 Å². The maximum absolute atomic E-state index is 11.0. The molecule has 1 aliphatic rings. The van der Waals surface area contributed by atoms with E-state index in [0.717, 1.165) is 26.1 Å². The zero-order valence-electron chi connectivity index (χ0n) is 7.67. The van der Waals surface area contributed by atoms with E-state index in [-0.39, 0.29) is 6.09 Å². The lowest BCUT2D eigenvalue weighted by Gasteiger charge is -2.18. The molecule has 0 aromatic rings. The molecule has 1 rings (SSSR count). The molecule has 1 N–H and O–H groups in total. The van der Waals surface area contributed by atoms with Crippen LogP contribution in [0.25, 0.3) is 0 Å². The average Bonchev–Trinajstić information content (AvgIpc) is 2.55. The van der Waals surface area contributed by atoms with E-state index in [0.29, 0.717) is 5.92 Å². The van der Waals surface area contributed by atoms with Gasteiger partial charge in [0, 0.05) is 13.6 Å². The van der Waals surface area contributed by atoms with Gasteiger partial charge in [-0.3, -0.25) is 0 Å². The Morgan fingerprint density at radius 1 is 1.75 bits per heavy atom. The van der Waals surface area contributed by atoms with Crippen LogP contribution in [0.4, 0.5) is 4.79 Å². The van der Waals surface area contributed by atoms with Crippen molar-refractivity contribution in [2.75, 3.05) is 33.8 Å². The number of carbonyl (C=O) groups excluding carboxylic acids is 1. The largest absolute Gasteiger partial charge is 0.453 e. The molecule has 4 heteroatoms. The molecule has 1 fully saturated rings. The molecule has 1 heterocycles. The van der Waals surface area contributed by atoms with Crippen molar-refractivity contribution in [3.8, 4) is 0 Å². The second-order valence-corrected chi connectivity index (χ2v) is 3.21. The van der Waals surface area contributed by atoms with Gasteiger partial charge in [-0.15, -0.1) is 0 Å². The fourth-order valence-corrected chi connectivity index (χ4v) is 1.49. The summed E-state index contributed by atoms with van der Waals surface area (Å²) in [6.45, 7) is 2.88. The van der Waals surface area contributed by atoms with Crippen LogP contribution in [0.3, 0.4) is 0 Å². The van der Waals surface area contributed by atoms with Crippen LogP contribution in [0.1, 0.15) is 6.42 Å². The number of amides is 1. The number of hydrogen-bond acceptors (Lipinski definition) is 3. The second kappa shape index (κ2) is 4.30. The summed E-state index contributed by atoms with van der Waals surface area (Å²) in [5.41, 5.74) is 0. The van der Waals surface area contributed by atoms with Crippen molar-refractivity contribution in [3.05, 3.63) is 0 Å². The van der Waals surface area contributed by atoms with E-state index in [1.807, 2.05) is 0 Å². The Morgan fingerprint density at radius 3 is 3.00 bits per heavy atom. The third kappa shape index (κ3) is 2.37. The molecule has 0 aromatic heterocycles. The van der Waals surface area contributed by atoms with Crippen LogP contribution in [0.2, 0.25) is 0 Å². The van der Waals surface area contributed by atoms with E-state index in [9.17, 15) is 4.79 Å². The van der Waals surface area contributed by atoms with Gasteiger partial charge >= 0.3 is 6.09 Å². The molecule has 0 aliphatic carbocycles.